The summed E-state index contributed by atoms with van der Waals surface area (Å²) < 4.78 is 5.50. The minimum atomic E-state index is -0.0893. The van der Waals surface area contributed by atoms with E-state index in [9.17, 15) is 4.79 Å². The molecule has 3 fully saturated rings. The van der Waals surface area contributed by atoms with Gasteiger partial charge in [-0.25, -0.2) is 0 Å². The maximum Gasteiger partial charge on any atom is 0.302 e. The summed E-state index contributed by atoms with van der Waals surface area (Å²) in [5.74, 6) is 4.73. The Labute approximate surface area is 136 Å². The van der Waals surface area contributed by atoms with Crippen LogP contribution in [0.25, 0.3) is 0 Å². The molecular weight excluding hydrogens is 272 g/mol. The van der Waals surface area contributed by atoms with Gasteiger partial charge in [0.25, 0.3) is 0 Å². The van der Waals surface area contributed by atoms with Crippen molar-refractivity contribution >= 4 is 5.97 Å². The highest BCUT2D eigenvalue weighted by Crippen LogP contribution is 2.53. The van der Waals surface area contributed by atoms with Crippen molar-refractivity contribution in [3.05, 3.63) is 0 Å². The molecule has 0 aromatic carbocycles. The zero-order valence-electron chi connectivity index (χ0n) is 14.6. The first kappa shape index (κ1) is 16.3. The van der Waals surface area contributed by atoms with Crippen LogP contribution < -0.4 is 0 Å². The zero-order chi connectivity index (χ0) is 15.5. The first-order valence-electron chi connectivity index (χ1n) is 9.84. The molecule has 0 heterocycles. The molecule has 3 aliphatic carbocycles. The van der Waals surface area contributed by atoms with Crippen molar-refractivity contribution in [3.8, 4) is 0 Å². The second kappa shape index (κ2) is 7.36. The van der Waals surface area contributed by atoms with Gasteiger partial charge in [-0.1, -0.05) is 32.6 Å². The van der Waals surface area contributed by atoms with E-state index in [4.69, 9.17) is 4.74 Å². The Morgan fingerprint density at radius 3 is 2.32 bits per heavy atom. The SMILES string of the molecule is CCCC[C@@H]1CCC2C(CCC3C[C@H](OC(C)=O)CCC32)C1. The highest BCUT2D eigenvalue weighted by Gasteiger charge is 2.44. The van der Waals surface area contributed by atoms with Crippen LogP contribution in [0.5, 0.6) is 0 Å². The summed E-state index contributed by atoms with van der Waals surface area (Å²) in [4.78, 5) is 11.2. The lowest BCUT2D eigenvalue weighted by atomic mass is 9.56. The Kier molecular flexibility index (Phi) is 5.46. The Balaban J connectivity index is 1.54. The Bertz CT molecular complexity index is 378. The molecule has 0 saturated heterocycles. The van der Waals surface area contributed by atoms with Crippen LogP contribution in [-0.2, 0) is 9.53 Å². The van der Waals surface area contributed by atoms with Gasteiger partial charge in [0, 0.05) is 6.92 Å². The van der Waals surface area contributed by atoms with E-state index < -0.39 is 0 Å². The van der Waals surface area contributed by atoms with Crippen LogP contribution >= 0.6 is 0 Å². The molecule has 0 aromatic rings. The first-order valence-corrected chi connectivity index (χ1v) is 9.84. The summed E-state index contributed by atoms with van der Waals surface area (Å²) in [6.07, 6.45) is 15.4. The minimum Gasteiger partial charge on any atom is -0.463 e. The lowest BCUT2D eigenvalue weighted by Crippen LogP contribution is -2.43. The fraction of sp³-hybridized carbons (Fsp3) is 0.950. The van der Waals surface area contributed by atoms with Gasteiger partial charge in [-0.3, -0.25) is 4.79 Å². The number of carbonyl (C=O) groups is 1. The first-order chi connectivity index (χ1) is 10.7. The van der Waals surface area contributed by atoms with Crippen LogP contribution in [0.15, 0.2) is 0 Å². The van der Waals surface area contributed by atoms with Crippen molar-refractivity contribution in [2.24, 2.45) is 29.6 Å². The molecule has 3 aliphatic rings. The maximum atomic E-state index is 11.2. The van der Waals surface area contributed by atoms with E-state index in [1.54, 1.807) is 6.92 Å². The lowest BCUT2D eigenvalue weighted by molar-refractivity contribution is -0.151. The molecule has 6 atom stereocenters. The monoisotopic (exact) mass is 306 g/mol. The standard InChI is InChI=1S/C20H34O2/c1-3-4-5-15-6-10-19-16(12-15)7-8-17-13-18(22-14(2)21)9-11-20(17)19/h15-20H,3-13H2,1-2H3/t15-,16?,17?,18-,19?,20?/m1/s1. The van der Waals surface area contributed by atoms with E-state index in [2.05, 4.69) is 6.92 Å². The molecule has 126 valence electrons. The second-order valence-corrected chi connectivity index (χ2v) is 8.29. The fourth-order valence-electron chi connectivity index (χ4n) is 5.95. The summed E-state index contributed by atoms with van der Waals surface area (Å²) in [5, 5.41) is 0. The average Bonchev–Trinajstić information content (AvgIpc) is 2.51. The average molecular weight is 306 g/mol. The molecule has 0 spiro atoms. The van der Waals surface area contributed by atoms with Crippen molar-refractivity contribution in [1.29, 1.82) is 0 Å². The quantitative estimate of drug-likeness (QED) is 0.654. The van der Waals surface area contributed by atoms with Gasteiger partial charge < -0.3 is 4.74 Å². The maximum absolute atomic E-state index is 11.2. The van der Waals surface area contributed by atoms with Crippen molar-refractivity contribution in [2.45, 2.75) is 90.6 Å². The Morgan fingerprint density at radius 1 is 0.955 bits per heavy atom. The lowest BCUT2D eigenvalue weighted by Gasteiger charge is -2.50. The topological polar surface area (TPSA) is 26.3 Å². The molecule has 0 amide bonds. The van der Waals surface area contributed by atoms with Crippen molar-refractivity contribution in [1.82, 2.24) is 0 Å². The third-order valence-corrected chi connectivity index (χ3v) is 6.90. The molecule has 3 rings (SSSR count). The van der Waals surface area contributed by atoms with Crippen LogP contribution in [0.2, 0.25) is 0 Å². The molecule has 0 bridgehead atoms. The van der Waals surface area contributed by atoms with Gasteiger partial charge >= 0.3 is 5.97 Å². The van der Waals surface area contributed by atoms with Gasteiger partial charge in [-0.05, 0) is 74.5 Å². The number of rotatable bonds is 4. The van der Waals surface area contributed by atoms with Gasteiger partial charge in [0.1, 0.15) is 6.10 Å². The van der Waals surface area contributed by atoms with E-state index in [1.165, 1.54) is 57.8 Å². The molecule has 0 aromatic heterocycles. The van der Waals surface area contributed by atoms with Crippen molar-refractivity contribution < 1.29 is 9.53 Å². The summed E-state index contributed by atoms with van der Waals surface area (Å²) >= 11 is 0. The number of fused-ring (bicyclic) bond motifs is 3. The summed E-state index contributed by atoms with van der Waals surface area (Å²) in [7, 11) is 0. The number of hydrogen-bond acceptors (Lipinski definition) is 2. The number of ether oxygens (including phenoxy) is 1. The minimum absolute atomic E-state index is 0.0893. The normalized spacial score (nSPS) is 41.4. The Hall–Kier alpha value is -0.530. The van der Waals surface area contributed by atoms with Gasteiger partial charge in [0.15, 0.2) is 0 Å². The fourth-order valence-corrected chi connectivity index (χ4v) is 5.95. The van der Waals surface area contributed by atoms with Crippen LogP contribution in [0.1, 0.15) is 84.5 Å². The molecule has 2 heteroatoms. The summed E-state index contributed by atoms with van der Waals surface area (Å²) in [6.45, 7) is 3.87. The number of hydrogen-bond donors (Lipinski definition) is 0. The smallest absolute Gasteiger partial charge is 0.302 e. The zero-order valence-corrected chi connectivity index (χ0v) is 14.6. The molecule has 0 aliphatic heterocycles. The van der Waals surface area contributed by atoms with Gasteiger partial charge in [0.05, 0.1) is 0 Å². The molecular formula is C20H34O2. The van der Waals surface area contributed by atoms with E-state index in [-0.39, 0.29) is 12.1 Å². The molecule has 0 N–H and O–H groups in total. The number of esters is 1. The Morgan fingerprint density at radius 2 is 1.64 bits per heavy atom. The second-order valence-electron chi connectivity index (χ2n) is 8.29. The summed E-state index contributed by atoms with van der Waals surface area (Å²) in [6, 6.07) is 0. The van der Waals surface area contributed by atoms with E-state index in [1.807, 2.05) is 0 Å². The third-order valence-electron chi connectivity index (χ3n) is 6.90. The van der Waals surface area contributed by atoms with Gasteiger partial charge in [-0.15, -0.1) is 0 Å². The van der Waals surface area contributed by atoms with Crippen molar-refractivity contribution in [2.75, 3.05) is 0 Å². The predicted octanol–water partition coefficient (Wildman–Crippen LogP) is 5.35. The molecule has 0 radical (unpaired) electrons. The van der Waals surface area contributed by atoms with E-state index >= 15 is 0 Å². The van der Waals surface area contributed by atoms with E-state index in [0.29, 0.717) is 0 Å². The highest BCUT2D eigenvalue weighted by atomic mass is 16.5. The molecule has 4 unspecified atom stereocenters. The van der Waals surface area contributed by atoms with Crippen LogP contribution in [0, 0.1) is 29.6 Å². The van der Waals surface area contributed by atoms with Crippen LogP contribution in [0.4, 0.5) is 0 Å². The van der Waals surface area contributed by atoms with Gasteiger partial charge in [-0.2, -0.15) is 0 Å². The van der Waals surface area contributed by atoms with Crippen molar-refractivity contribution in [3.63, 3.8) is 0 Å². The third kappa shape index (κ3) is 3.68. The molecule has 2 nitrogen and oxygen atoms in total. The number of carbonyl (C=O) groups excluding carboxylic acids is 1. The number of unbranched alkanes of at least 4 members (excludes halogenated alkanes) is 1. The largest absolute Gasteiger partial charge is 0.463 e. The predicted molar refractivity (Wildman–Crippen MR) is 89.5 cm³/mol. The van der Waals surface area contributed by atoms with Crippen LogP contribution in [-0.4, -0.2) is 12.1 Å². The highest BCUT2D eigenvalue weighted by molar-refractivity contribution is 5.66. The van der Waals surface area contributed by atoms with Gasteiger partial charge in [0.2, 0.25) is 0 Å². The van der Waals surface area contributed by atoms with E-state index in [0.717, 1.165) is 42.4 Å². The molecule has 22 heavy (non-hydrogen) atoms. The molecule has 3 saturated carbocycles. The summed E-state index contributed by atoms with van der Waals surface area (Å²) in [5.41, 5.74) is 0. The van der Waals surface area contributed by atoms with Crippen LogP contribution in [0.3, 0.4) is 0 Å².